The molecule has 0 radical (unpaired) electrons. The molecule has 2 aromatic rings. The van der Waals surface area contributed by atoms with Crippen LogP contribution in [0.1, 0.15) is 5.56 Å². The molecule has 2 rings (SSSR count). The number of benzene rings is 1. The minimum atomic E-state index is -0.351. The van der Waals surface area contributed by atoms with Crippen LogP contribution in [-0.4, -0.2) is 23.3 Å². The number of anilines is 1. The van der Waals surface area contributed by atoms with Crippen LogP contribution in [0.15, 0.2) is 35.7 Å². The SMILES string of the molecule is CON=Cc1c(N)ncnc1Oc1ccc(F)cc1. The van der Waals surface area contributed by atoms with E-state index in [1.165, 1.54) is 43.9 Å². The Morgan fingerprint density at radius 1 is 1.26 bits per heavy atom. The quantitative estimate of drug-likeness (QED) is 0.672. The molecule has 0 aliphatic carbocycles. The van der Waals surface area contributed by atoms with Crippen LogP contribution < -0.4 is 10.5 Å². The van der Waals surface area contributed by atoms with Gasteiger partial charge in [0.2, 0.25) is 5.88 Å². The van der Waals surface area contributed by atoms with Crippen LogP contribution >= 0.6 is 0 Å². The van der Waals surface area contributed by atoms with Crippen LogP contribution in [0.3, 0.4) is 0 Å². The van der Waals surface area contributed by atoms with Crippen LogP contribution in [0.25, 0.3) is 0 Å². The van der Waals surface area contributed by atoms with E-state index in [1.807, 2.05) is 0 Å². The molecule has 98 valence electrons. The minimum absolute atomic E-state index is 0.202. The van der Waals surface area contributed by atoms with Gasteiger partial charge >= 0.3 is 0 Å². The van der Waals surface area contributed by atoms with Crippen LogP contribution in [0.2, 0.25) is 0 Å². The summed E-state index contributed by atoms with van der Waals surface area (Å²) < 4.78 is 18.3. The number of hydrogen-bond acceptors (Lipinski definition) is 6. The average Bonchev–Trinajstić information content (AvgIpc) is 2.41. The molecule has 0 bridgehead atoms. The molecule has 2 N–H and O–H groups in total. The smallest absolute Gasteiger partial charge is 0.233 e. The topological polar surface area (TPSA) is 82.6 Å². The van der Waals surface area contributed by atoms with Gasteiger partial charge in [-0.3, -0.25) is 0 Å². The third-order valence-corrected chi connectivity index (χ3v) is 2.19. The molecule has 0 saturated carbocycles. The summed E-state index contributed by atoms with van der Waals surface area (Å²) >= 11 is 0. The number of nitrogen functional groups attached to an aromatic ring is 1. The maximum Gasteiger partial charge on any atom is 0.233 e. The molecule has 19 heavy (non-hydrogen) atoms. The van der Waals surface area contributed by atoms with Gasteiger partial charge in [-0.1, -0.05) is 5.16 Å². The second-order valence-corrected chi connectivity index (χ2v) is 3.45. The molecular formula is C12H11FN4O2. The van der Waals surface area contributed by atoms with Gasteiger partial charge in [0.05, 0.1) is 6.21 Å². The van der Waals surface area contributed by atoms with E-state index in [0.29, 0.717) is 11.3 Å². The highest BCUT2D eigenvalue weighted by atomic mass is 19.1. The predicted molar refractivity (Wildman–Crippen MR) is 67.5 cm³/mol. The highest BCUT2D eigenvalue weighted by molar-refractivity contribution is 5.88. The van der Waals surface area contributed by atoms with Crippen LogP contribution in [0.5, 0.6) is 11.6 Å². The Hall–Kier alpha value is -2.70. The number of aromatic nitrogens is 2. The van der Waals surface area contributed by atoms with E-state index >= 15 is 0 Å². The summed E-state index contributed by atoms with van der Waals surface area (Å²) in [6, 6.07) is 5.52. The number of halogens is 1. The standard InChI is InChI=1S/C12H11FN4O2/c1-18-17-6-10-11(14)15-7-16-12(10)19-9-4-2-8(13)3-5-9/h2-7H,1H3,(H2,14,15,16). The van der Waals surface area contributed by atoms with Gasteiger partial charge in [0.1, 0.15) is 36.4 Å². The summed E-state index contributed by atoms with van der Waals surface area (Å²) in [7, 11) is 1.40. The number of ether oxygens (including phenoxy) is 1. The van der Waals surface area contributed by atoms with Crippen molar-refractivity contribution in [1.82, 2.24) is 9.97 Å². The Labute approximate surface area is 108 Å². The van der Waals surface area contributed by atoms with E-state index in [0.717, 1.165) is 0 Å². The first-order valence-corrected chi connectivity index (χ1v) is 5.31. The number of nitrogens with zero attached hydrogens (tertiary/aromatic N) is 3. The number of oxime groups is 1. The predicted octanol–water partition coefficient (Wildman–Crippen LogP) is 1.97. The lowest BCUT2D eigenvalue weighted by molar-refractivity contribution is 0.215. The van der Waals surface area contributed by atoms with Crippen LogP contribution in [0, 0.1) is 5.82 Å². The molecule has 0 amide bonds. The lowest BCUT2D eigenvalue weighted by Gasteiger charge is -2.08. The molecule has 1 heterocycles. The number of rotatable bonds is 4. The molecular weight excluding hydrogens is 251 g/mol. The molecule has 0 atom stereocenters. The Bertz CT molecular complexity index is 587. The van der Waals surface area contributed by atoms with E-state index < -0.39 is 0 Å². The monoisotopic (exact) mass is 262 g/mol. The van der Waals surface area contributed by atoms with Crippen molar-refractivity contribution in [2.24, 2.45) is 5.16 Å². The van der Waals surface area contributed by atoms with E-state index in [9.17, 15) is 4.39 Å². The first kappa shape index (κ1) is 12.7. The van der Waals surface area contributed by atoms with Gasteiger partial charge in [0.15, 0.2) is 0 Å². The second-order valence-electron chi connectivity index (χ2n) is 3.45. The van der Waals surface area contributed by atoms with Crippen molar-refractivity contribution in [3.05, 3.63) is 42.0 Å². The van der Waals surface area contributed by atoms with E-state index in [2.05, 4.69) is 20.0 Å². The first-order valence-electron chi connectivity index (χ1n) is 5.31. The largest absolute Gasteiger partial charge is 0.438 e. The summed E-state index contributed by atoms with van der Waals surface area (Å²) in [5.41, 5.74) is 6.09. The molecule has 7 heteroatoms. The van der Waals surface area contributed by atoms with Gasteiger partial charge in [-0.2, -0.15) is 0 Å². The fourth-order valence-electron chi connectivity index (χ4n) is 1.31. The molecule has 0 unspecified atom stereocenters. The average molecular weight is 262 g/mol. The minimum Gasteiger partial charge on any atom is -0.438 e. The van der Waals surface area contributed by atoms with Crippen molar-refractivity contribution in [3.8, 4) is 11.6 Å². The number of nitrogens with two attached hydrogens (primary N) is 1. The van der Waals surface area contributed by atoms with Gasteiger partial charge in [0, 0.05) is 0 Å². The van der Waals surface area contributed by atoms with Crippen LogP contribution in [0.4, 0.5) is 10.2 Å². The molecule has 0 fully saturated rings. The third-order valence-electron chi connectivity index (χ3n) is 2.19. The highest BCUT2D eigenvalue weighted by Crippen LogP contribution is 2.24. The Balaban J connectivity index is 2.31. The molecule has 0 aliphatic heterocycles. The van der Waals surface area contributed by atoms with Gasteiger partial charge in [-0.05, 0) is 24.3 Å². The lowest BCUT2D eigenvalue weighted by Crippen LogP contribution is -2.02. The van der Waals surface area contributed by atoms with E-state index in [1.54, 1.807) is 0 Å². The van der Waals surface area contributed by atoms with Gasteiger partial charge in [-0.15, -0.1) is 0 Å². The summed E-state index contributed by atoms with van der Waals surface area (Å²) in [6.45, 7) is 0. The summed E-state index contributed by atoms with van der Waals surface area (Å²) in [5.74, 6) is 0.482. The maximum atomic E-state index is 12.8. The third kappa shape index (κ3) is 3.15. The van der Waals surface area contributed by atoms with Crippen molar-refractivity contribution in [3.63, 3.8) is 0 Å². The van der Waals surface area contributed by atoms with Gasteiger partial charge < -0.3 is 15.3 Å². The fourth-order valence-corrected chi connectivity index (χ4v) is 1.31. The molecule has 0 spiro atoms. The lowest BCUT2D eigenvalue weighted by atomic mass is 10.3. The number of hydrogen-bond donors (Lipinski definition) is 1. The van der Waals surface area contributed by atoms with Crippen molar-refractivity contribution in [2.75, 3.05) is 12.8 Å². The summed E-state index contributed by atoms with van der Waals surface area (Å²) in [6.07, 6.45) is 2.60. The van der Waals surface area contributed by atoms with Gasteiger partial charge in [-0.25, -0.2) is 14.4 Å². The van der Waals surface area contributed by atoms with Gasteiger partial charge in [0.25, 0.3) is 0 Å². The van der Waals surface area contributed by atoms with Crippen molar-refractivity contribution in [1.29, 1.82) is 0 Å². The summed E-state index contributed by atoms with van der Waals surface area (Å²) in [4.78, 5) is 12.4. The Morgan fingerprint density at radius 3 is 2.68 bits per heavy atom. The van der Waals surface area contributed by atoms with E-state index in [4.69, 9.17) is 10.5 Å². The summed E-state index contributed by atoms with van der Waals surface area (Å²) in [5, 5.41) is 3.59. The molecule has 0 aliphatic rings. The molecule has 6 nitrogen and oxygen atoms in total. The zero-order chi connectivity index (χ0) is 13.7. The Kier molecular flexibility index (Phi) is 3.87. The van der Waals surface area contributed by atoms with Crippen molar-refractivity contribution in [2.45, 2.75) is 0 Å². The zero-order valence-electron chi connectivity index (χ0n) is 10.1. The molecule has 1 aromatic carbocycles. The normalized spacial score (nSPS) is 10.6. The van der Waals surface area contributed by atoms with Crippen molar-refractivity contribution < 1.29 is 14.0 Å². The zero-order valence-corrected chi connectivity index (χ0v) is 10.1. The van der Waals surface area contributed by atoms with Crippen molar-refractivity contribution >= 4 is 12.0 Å². The van der Waals surface area contributed by atoms with Crippen LogP contribution in [-0.2, 0) is 4.84 Å². The molecule has 1 aromatic heterocycles. The highest BCUT2D eigenvalue weighted by Gasteiger charge is 2.10. The van der Waals surface area contributed by atoms with E-state index in [-0.39, 0.29) is 17.5 Å². The Morgan fingerprint density at radius 2 is 2.00 bits per heavy atom. The fraction of sp³-hybridized carbons (Fsp3) is 0.0833. The second kappa shape index (κ2) is 5.76. The maximum absolute atomic E-state index is 12.8. The molecule has 0 saturated heterocycles. The first-order chi connectivity index (χ1) is 9.20.